The monoisotopic (exact) mass is 304 g/mol. The van der Waals surface area contributed by atoms with Crippen molar-refractivity contribution in [2.24, 2.45) is 0 Å². The molecule has 2 amide bonds. The summed E-state index contributed by atoms with van der Waals surface area (Å²) < 4.78 is 0. The summed E-state index contributed by atoms with van der Waals surface area (Å²) in [6.07, 6.45) is 0. The Morgan fingerprint density at radius 2 is 2.19 bits per heavy atom. The topological polar surface area (TPSA) is 66.0 Å². The van der Waals surface area contributed by atoms with Crippen molar-refractivity contribution in [1.29, 1.82) is 0 Å². The molecule has 112 valence electrons. The molecule has 3 N–H and O–H groups in total. The van der Waals surface area contributed by atoms with Gasteiger partial charge in [-0.1, -0.05) is 19.1 Å². The SMILES string of the molecule is CCNC(C)c1csc(NC(=O)Nc2cccc(C)c2)n1. The molecule has 0 spiro atoms. The highest BCUT2D eigenvalue weighted by molar-refractivity contribution is 7.13. The summed E-state index contributed by atoms with van der Waals surface area (Å²) in [5.74, 6) is 0. The predicted octanol–water partition coefficient (Wildman–Crippen LogP) is 3.77. The van der Waals surface area contributed by atoms with Crippen LogP contribution in [-0.2, 0) is 0 Å². The standard InChI is InChI=1S/C15H20N4OS/c1-4-16-11(3)13-9-21-15(18-13)19-14(20)17-12-7-5-6-10(2)8-12/h5-9,11,16H,4H2,1-3H3,(H2,17,18,19,20). The second-order valence-electron chi connectivity index (χ2n) is 4.81. The lowest BCUT2D eigenvalue weighted by Crippen LogP contribution is -2.20. The number of carbonyl (C=O) groups is 1. The predicted molar refractivity (Wildman–Crippen MR) is 88.0 cm³/mol. The first kappa shape index (κ1) is 15.5. The van der Waals surface area contributed by atoms with Crippen molar-refractivity contribution in [1.82, 2.24) is 10.3 Å². The van der Waals surface area contributed by atoms with Crippen molar-refractivity contribution in [3.63, 3.8) is 0 Å². The van der Waals surface area contributed by atoms with Gasteiger partial charge in [-0.25, -0.2) is 9.78 Å². The number of urea groups is 1. The number of hydrogen-bond donors (Lipinski definition) is 3. The lowest BCUT2D eigenvalue weighted by Gasteiger charge is -2.08. The molecule has 21 heavy (non-hydrogen) atoms. The van der Waals surface area contributed by atoms with Crippen LogP contribution in [0.1, 0.15) is 31.1 Å². The fourth-order valence-electron chi connectivity index (χ4n) is 1.94. The third kappa shape index (κ3) is 4.54. The molecule has 1 atom stereocenters. The van der Waals surface area contributed by atoms with Crippen molar-refractivity contribution in [3.8, 4) is 0 Å². The van der Waals surface area contributed by atoms with Gasteiger partial charge in [-0.3, -0.25) is 5.32 Å². The Balaban J connectivity index is 1.94. The van der Waals surface area contributed by atoms with E-state index in [9.17, 15) is 4.79 Å². The smallest absolute Gasteiger partial charge is 0.309 e. The van der Waals surface area contributed by atoms with Crippen molar-refractivity contribution in [2.75, 3.05) is 17.2 Å². The van der Waals surface area contributed by atoms with Gasteiger partial charge in [0.15, 0.2) is 5.13 Å². The van der Waals surface area contributed by atoms with E-state index in [1.54, 1.807) is 0 Å². The Labute approximate surface area is 128 Å². The highest BCUT2D eigenvalue weighted by Crippen LogP contribution is 2.20. The summed E-state index contributed by atoms with van der Waals surface area (Å²) in [5.41, 5.74) is 2.81. The van der Waals surface area contributed by atoms with E-state index < -0.39 is 0 Å². The van der Waals surface area contributed by atoms with Gasteiger partial charge < -0.3 is 10.6 Å². The van der Waals surface area contributed by atoms with Gasteiger partial charge in [-0.2, -0.15) is 0 Å². The Bertz CT molecular complexity index is 611. The Hall–Kier alpha value is -1.92. The molecule has 5 nitrogen and oxygen atoms in total. The molecule has 1 aromatic carbocycles. The zero-order valence-electron chi connectivity index (χ0n) is 12.4. The first-order chi connectivity index (χ1) is 10.1. The van der Waals surface area contributed by atoms with Gasteiger partial charge in [-0.05, 0) is 38.1 Å². The van der Waals surface area contributed by atoms with Gasteiger partial charge in [0.1, 0.15) is 0 Å². The first-order valence-corrected chi connectivity index (χ1v) is 7.80. The van der Waals surface area contributed by atoms with Crippen LogP contribution in [0.5, 0.6) is 0 Å². The first-order valence-electron chi connectivity index (χ1n) is 6.92. The molecule has 1 heterocycles. The molecule has 0 aliphatic heterocycles. The van der Waals surface area contributed by atoms with Gasteiger partial charge >= 0.3 is 6.03 Å². The molecule has 0 radical (unpaired) electrons. The minimum Gasteiger partial charge on any atom is -0.309 e. The van der Waals surface area contributed by atoms with Crippen LogP contribution in [-0.4, -0.2) is 17.6 Å². The average Bonchev–Trinajstić information content (AvgIpc) is 2.87. The highest BCUT2D eigenvalue weighted by atomic mass is 32.1. The summed E-state index contributed by atoms with van der Waals surface area (Å²) >= 11 is 1.42. The summed E-state index contributed by atoms with van der Waals surface area (Å²) in [5, 5.41) is 11.4. The van der Waals surface area contributed by atoms with Crippen LogP contribution in [0.15, 0.2) is 29.6 Å². The quantitative estimate of drug-likeness (QED) is 0.788. The van der Waals surface area contributed by atoms with Crippen LogP contribution in [0.2, 0.25) is 0 Å². The van der Waals surface area contributed by atoms with Crippen LogP contribution < -0.4 is 16.0 Å². The maximum atomic E-state index is 11.9. The summed E-state index contributed by atoms with van der Waals surface area (Å²) in [6, 6.07) is 7.56. The van der Waals surface area contributed by atoms with E-state index in [0.717, 1.165) is 23.5 Å². The fourth-order valence-corrected chi connectivity index (χ4v) is 2.73. The molecular formula is C15H20N4OS. The summed E-state index contributed by atoms with van der Waals surface area (Å²) in [6.45, 7) is 6.97. The van der Waals surface area contributed by atoms with Crippen LogP contribution in [0.4, 0.5) is 15.6 Å². The number of hydrogen-bond acceptors (Lipinski definition) is 4. The number of carbonyl (C=O) groups excluding carboxylic acids is 1. The molecule has 0 aliphatic carbocycles. The molecule has 0 saturated carbocycles. The van der Waals surface area contributed by atoms with Crippen LogP contribution >= 0.6 is 11.3 Å². The Morgan fingerprint density at radius 3 is 2.90 bits per heavy atom. The number of aromatic nitrogens is 1. The van der Waals surface area contributed by atoms with E-state index >= 15 is 0 Å². The molecule has 0 fully saturated rings. The largest absolute Gasteiger partial charge is 0.325 e. The molecule has 1 aromatic heterocycles. The van der Waals surface area contributed by atoms with E-state index in [2.05, 4.69) is 34.8 Å². The van der Waals surface area contributed by atoms with Crippen molar-refractivity contribution in [3.05, 3.63) is 40.9 Å². The number of amides is 2. The highest BCUT2D eigenvalue weighted by Gasteiger charge is 2.10. The number of nitrogens with one attached hydrogen (secondary N) is 3. The molecular weight excluding hydrogens is 284 g/mol. The molecule has 2 rings (SSSR count). The zero-order chi connectivity index (χ0) is 15.2. The third-order valence-electron chi connectivity index (χ3n) is 2.97. The van der Waals surface area contributed by atoms with E-state index in [1.165, 1.54) is 11.3 Å². The number of aryl methyl sites for hydroxylation is 1. The third-order valence-corrected chi connectivity index (χ3v) is 3.75. The summed E-state index contributed by atoms with van der Waals surface area (Å²) in [7, 11) is 0. The summed E-state index contributed by atoms with van der Waals surface area (Å²) in [4.78, 5) is 16.3. The van der Waals surface area contributed by atoms with E-state index in [4.69, 9.17) is 0 Å². The second-order valence-corrected chi connectivity index (χ2v) is 5.66. The van der Waals surface area contributed by atoms with Gasteiger partial charge in [-0.15, -0.1) is 11.3 Å². The van der Waals surface area contributed by atoms with Crippen LogP contribution in [0, 0.1) is 6.92 Å². The zero-order valence-corrected chi connectivity index (χ0v) is 13.3. The molecule has 2 aromatic rings. The van der Waals surface area contributed by atoms with E-state index in [-0.39, 0.29) is 12.1 Å². The number of nitrogens with zero attached hydrogens (tertiary/aromatic N) is 1. The van der Waals surface area contributed by atoms with Gasteiger partial charge in [0.05, 0.1) is 5.69 Å². The molecule has 0 saturated heterocycles. The second kappa shape index (κ2) is 7.19. The minimum absolute atomic E-state index is 0.182. The number of anilines is 2. The maximum absolute atomic E-state index is 11.9. The maximum Gasteiger partial charge on any atom is 0.325 e. The molecule has 6 heteroatoms. The molecule has 0 bridgehead atoms. The minimum atomic E-state index is -0.280. The van der Waals surface area contributed by atoms with Gasteiger partial charge in [0.25, 0.3) is 0 Å². The number of benzene rings is 1. The van der Waals surface area contributed by atoms with Gasteiger partial charge in [0, 0.05) is 17.1 Å². The van der Waals surface area contributed by atoms with Crippen molar-refractivity contribution >= 4 is 28.2 Å². The lowest BCUT2D eigenvalue weighted by atomic mass is 10.2. The lowest BCUT2D eigenvalue weighted by molar-refractivity contribution is 0.262. The molecule has 1 unspecified atom stereocenters. The normalized spacial score (nSPS) is 12.0. The Morgan fingerprint density at radius 1 is 1.38 bits per heavy atom. The van der Waals surface area contributed by atoms with Crippen molar-refractivity contribution in [2.45, 2.75) is 26.8 Å². The number of thiazole rings is 1. The van der Waals surface area contributed by atoms with E-state index in [0.29, 0.717) is 5.13 Å². The number of rotatable bonds is 5. The van der Waals surface area contributed by atoms with Crippen molar-refractivity contribution < 1.29 is 4.79 Å². The van der Waals surface area contributed by atoms with Gasteiger partial charge in [0.2, 0.25) is 0 Å². The average molecular weight is 304 g/mol. The van der Waals surface area contributed by atoms with Crippen LogP contribution in [0.25, 0.3) is 0 Å². The Kier molecular flexibility index (Phi) is 5.30. The molecule has 0 aliphatic rings. The van der Waals surface area contributed by atoms with Crippen LogP contribution in [0.3, 0.4) is 0 Å². The fraction of sp³-hybridized carbons (Fsp3) is 0.333. The van der Waals surface area contributed by atoms with E-state index in [1.807, 2.05) is 36.6 Å².